The van der Waals surface area contributed by atoms with Gasteiger partial charge in [-0.05, 0) is 34.1 Å². The van der Waals surface area contributed by atoms with Crippen LogP contribution in [0, 0.1) is 5.41 Å². The van der Waals surface area contributed by atoms with E-state index in [4.69, 9.17) is 0 Å². The van der Waals surface area contributed by atoms with Crippen molar-refractivity contribution in [2.75, 3.05) is 0 Å². The predicted octanol–water partition coefficient (Wildman–Crippen LogP) is 4.60. The van der Waals surface area contributed by atoms with Crippen molar-refractivity contribution >= 4 is 5.97 Å². The first-order valence-corrected chi connectivity index (χ1v) is 7.94. The maximum Gasteiger partial charge on any atom is 0.462 e. The number of carbonyl (C=O) groups excluding carboxylic acids is 1. The minimum atomic E-state index is -6.66. The fraction of sp³-hybridized carbons (Fsp3) is 0.933. The number of rotatable bonds is 3. The molecule has 1 fully saturated rings. The van der Waals surface area contributed by atoms with E-state index in [2.05, 4.69) is 9.47 Å². The number of halogens is 10. The van der Waals surface area contributed by atoms with Crippen molar-refractivity contribution in [2.45, 2.75) is 82.2 Å². The highest BCUT2D eigenvalue weighted by molar-refractivity contribution is 5.76. The number of hydrogen-bond acceptors (Lipinski definition) is 4. The van der Waals surface area contributed by atoms with E-state index < -0.39 is 66.4 Å². The normalized spacial score (nSPS) is 35.3. The fourth-order valence-electron chi connectivity index (χ4n) is 2.43. The molecule has 0 aliphatic carbocycles. The van der Waals surface area contributed by atoms with E-state index in [0.717, 1.165) is 13.8 Å². The summed E-state index contributed by atoms with van der Waals surface area (Å²) in [6.45, 7) is 1.76. The van der Waals surface area contributed by atoms with Crippen molar-refractivity contribution in [2.24, 2.45) is 5.41 Å². The van der Waals surface area contributed by atoms with Gasteiger partial charge in [-0.15, -0.1) is 0 Å². The van der Waals surface area contributed by atoms with E-state index in [9.17, 15) is 53.8 Å². The molecule has 14 heteroatoms. The van der Waals surface area contributed by atoms with Gasteiger partial charge in [-0.25, -0.2) is 0 Å². The van der Waals surface area contributed by atoms with Crippen LogP contribution in [0.3, 0.4) is 0 Å². The van der Waals surface area contributed by atoms with E-state index in [1.54, 1.807) is 0 Å². The van der Waals surface area contributed by atoms with E-state index in [0.29, 0.717) is 0 Å². The van der Waals surface area contributed by atoms with Crippen LogP contribution in [0.4, 0.5) is 43.9 Å². The Kier molecular flexibility index (Phi) is 5.63. The zero-order valence-electron chi connectivity index (χ0n) is 15.7. The molecule has 1 saturated heterocycles. The van der Waals surface area contributed by atoms with Gasteiger partial charge in [-0.1, -0.05) is 6.92 Å². The van der Waals surface area contributed by atoms with Gasteiger partial charge in [0.1, 0.15) is 0 Å². The van der Waals surface area contributed by atoms with Crippen LogP contribution in [0.15, 0.2) is 0 Å². The van der Waals surface area contributed by atoms with Crippen molar-refractivity contribution in [3.8, 4) is 0 Å². The second kappa shape index (κ2) is 6.34. The Labute approximate surface area is 158 Å². The molecule has 0 aromatic heterocycles. The first kappa shape index (κ1) is 25.7. The van der Waals surface area contributed by atoms with Crippen molar-refractivity contribution in [3.05, 3.63) is 0 Å². The maximum atomic E-state index is 14.7. The van der Waals surface area contributed by atoms with Gasteiger partial charge in [-0.3, -0.25) is 4.79 Å². The maximum absolute atomic E-state index is 14.7. The van der Waals surface area contributed by atoms with E-state index in [1.807, 2.05) is 0 Å². The molecule has 0 radical (unpaired) electrons. The van der Waals surface area contributed by atoms with Gasteiger partial charge in [-0.2, -0.15) is 43.9 Å². The molecule has 0 bridgehead atoms. The van der Waals surface area contributed by atoms with Crippen LogP contribution in [0.1, 0.15) is 41.0 Å². The molecule has 1 aliphatic rings. The quantitative estimate of drug-likeness (QED) is 0.503. The van der Waals surface area contributed by atoms with Gasteiger partial charge >= 0.3 is 36.0 Å². The average Bonchev–Trinajstić information content (AvgIpc) is 2.49. The molecule has 1 aliphatic heterocycles. The number of alkyl halides is 10. The van der Waals surface area contributed by atoms with Crippen molar-refractivity contribution < 1.29 is 63.3 Å². The molecule has 29 heavy (non-hydrogen) atoms. The summed E-state index contributed by atoms with van der Waals surface area (Å²) in [5, 5.41) is 9.63. The molecule has 0 saturated carbocycles. The van der Waals surface area contributed by atoms with Gasteiger partial charge < -0.3 is 14.6 Å². The fourth-order valence-corrected chi connectivity index (χ4v) is 2.43. The number of carbonyl (C=O) groups is 1. The monoisotopic (exact) mass is 452 g/mol. The molecular formula is C15H18F10O4. The third-order valence-electron chi connectivity index (χ3n) is 5.17. The summed E-state index contributed by atoms with van der Waals surface area (Å²) in [5.74, 6) is -20.2. The topological polar surface area (TPSA) is 55.8 Å². The Hall–Kier alpha value is -1.31. The Bertz CT molecular complexity index is 667. The summed E-state index contributed by atoms with van der Waals surface area (Å²) in [6.07, 6.45) is -13.4. The van der Waals surface area contributed by atoms with Gasteiger partial charge in [0.15, 0.2) is 5.60 Å². The van der Waals surface area contributed by atoms with E-state index in [-0.39, 0.29) is 6.42 Å². The van der Waals surface area contributed by atoms with Crippen LogP contribution in [-0.2, 0) is 14.3 Å². The number of ether oxygens (including phenoxy) is 2. The third kappa shape index (κ3) is 3.08. The summed E-state index contributed by atoms with van der Waals surface area (Å²) in [5.41, 5.74) is -12.6. The van der Waals surface area contributed by atoms with E-state index >= 15 is 0 Å². The van der Waals surface area contributed by atoms with Crippen LogP contribution < -0.4 is 0 Å². The summed E-state index contributed by atoms with van der Waals surface area (Å²) in [4.78, 5) is 12.1. The third-order valence-corrected chi connectivity index (χ3v) is 5.17. The SMILES string of the molecule is CCC(C)(C)C(=O)OC1(C(F)(F)F)OC(C)(C(F)(F)F)C(F)(F)C(C)(O)C1(F)F. The van der Waals surface area contributed by atoms with Crippen molar-refractivity contribution in [1.29, 1.82) is 0 Å². The summed E-state index contributed by atoms with van der Waals surface area (Å²) in [7, 11) is 0. The second-order valence-electron chi connectivity index (χ2n) is 7.60. The zero-order chi connectivity index (χ0) is 23.7. The van der Waals surface area contributed by atoms with Crippen LogP contribution in [0.2, 0.25) is 0 Å². The van der Waals surface area contributed by atoms with Gasteiger partial charge in [0.2, 0.25) is 5.60 Å². The predicted molar refractivity (Wildman–Crippen MR) is 75.0 cm³/mol. The van der Waals surface area contributed by atoms with Crippen LogP contribution in [0.25, 0.3) is 0 Å². The molecule has 3 unspecified atom stereocenters. The highest BCUT2D eigenvalue weighted by atomic mass is 19.4. The summed E-state index contributed by atoms with van der Waals surface area (Å²) >= 11 is 0. The Balaban J connectivity index is 3.95. The average molecular weight is 452 g/mol. The Morgan fingerprint density at radius 2 is 1.34 bits per heavy atom. The number of hydrogen-bond donors (Lipinski definition) is 1. The largest absolute Gasteiger partial charge is 0.462 e. The number of esters is 1. The van der Waals surface area contributed by atoms with Crippen molar-refractivity contribution in [3.63, 3.8) is 0 Å². The lowest BCUT2D eigenvalue weighted by molar-refractivity contribution is -0.552. The second-order valence-corrected chi connectivity index (χ2v) is 7.60. The standard InChI is InChI=1S/C15H18F10O4/c1-6-8(2,3)7(26)28-13(15(23,24)25)12(18,19)9(4,27)11(16,17)10(5,29-13)14(20,21)22/h27H,6H2,1-5H3. The molecule has 0 amide bonds. The highest BCUT2D eigenvalue weighted by Gasteiger charge is 2.95. The summed E-state index contributed by atoms with van der Waals surface area (Å²) in [6, 6.07) is 0. The number of aliphatic hydroxyl groups is 1. The lowest BCUT2D eigenvalue weighted by Gasteiger charge is -2.58. The molecule has 1 N–H and O–H groups in total. The minimum Gasteiger partial charge on any atom is -0.417 e. The van der Waals surface area contributed by atoms with Gasteiger partial charge in [0.05, 0.1) is 5.41 Å². The molecule has 1 heterocycles. The molecule has 4 nitrogen and oxygen atoms in total. The first-order valence-electron chi connectivity index (χ1n) is 7.94. The van der Waals surface area contributed by atoms with Crippen LogP contribution >= 0.6 is 0 Å². The van der Waals surface area contributed by atoms with Crippen LogP contribution in [-0.4, -0.2) is 52.3 Å². The molecule has 0 aromatic rings. The lowest BCUT2D eigenvalue weighted by atomic mass is 9.73. The zero-order valence-corrected chi connectivity index (χ0v) is 15.7. The smallest absolute Gasteiger partial charge is 0.417 e. The minimum absolute atomic E-state index is 0.325. The highest BCUT2D eigenvalue weighted by Crippen LogP contribution is 2.66. The molecule has 0 spiro atoms. The van der Waals surface area contributed by atoms with Gasteiger partial charge in [0.25, 0.3) is 0 Å². The Morgan fingerprint density at radius 1 is 0.931 bits per heavy atom. The van der Waals surface area contributed by atoms with Gasteiger partial charge in [0, 0.05) is 0 Å². The van der Waals surface area contributed by atoms with Crippen molar-refractivity contribution in [1.82, 2.24) is 0 Å². The van der Waals surface area contributed by atoms with E-state index in [1.165, 1.54) is 6.92 Å². The summed E-state index contributed by atoms with van der Waals surface area (Å²) < 4.78 is 146. The van der Waals surface area contributed by atoms with Crippen LogP contribution in [0.5, 0.6) is 0 Å². The Morgan fingerprint density at radius 3 is 1.66 bits per heavy atom. The molecule has 1 rings (SSSR count). The molecule has 172 valence electrons. The molecule has 0 aromatic carbocycles. The molecule has 3 atom stereocenters. The lowest BCUT2D eigenvalue weighted by Crippen LogP contribution is -2.86. The first-order chi connectivity index (χ1) is 12.4. The molecular weight excluding hydrogens is 434 g/mol.